The predicted octanol–water partition coefficient (Wildman–Crippen LogP) is 4.58. The van der Waals surface area contributed by atoms with E-state index in [1.54, 1.807) is 30.3 Å². The second-order valence-corrected chi connectivity index (χ2v) is 9.71. The van der Waals surface area contributed by atoms with Gasteiger partial charge >= 0.3 is 0 Å². The fourth-order valence-corrected chi connectivity index (χ4v) is 5.23. The van der Waals surface area contributed by atoms with Crippen molar-refractivity contribution in [3.8, 4) is 11.5 Å². The zero-order chi connectivity index (χ0) is 22.4. The lowest BCUT2D eigenvalue weighted by molar-refractivity contribution is 0.210. The summed E-state index contributed by atoms with van der Waals surface area (Å²) in [7, 11) is 3.19. The zero-order valence-electron chi connectivity index (χ0n) is 18.2. The van der Waals surface area contributed by atoms with Crippen LogP contribution in [0.4, 0.5) is 5.69 Å². The molecule has 6 nitrogen and oxygen atoms in total. The third-order valence-corrected chi connectivity index (χ3v) is 7.49. The van der Waals surface area contributed by atoms with E-state index in [0.717, 1.165) is 11.3 Å². The summed E-state index contributed by atoms with van der Waals surface area (Å²) in [6.07, 6.45) is 0. The Hall–Kier alpha value is -2.79. The normalized spacial score (nSPS) is 13.8. The molecule has 0 heterocycles. The monoisotopic (exact) mass is 441 g/mol. The minimum atomic E-state index is -3.71. The average molecular weight is 441 g/mol. The van der Waals surface area contributed by atoms with Crippen molar-refractivity contribution in [2.45, 2.75) is 12.5 Å². The lowest BCUT2D eigenvalue weighted by Crippen LogP contribution is -2.16. The van der Waals surface area contributed by atoms with E-state index in [1.165, 1.54) is 14.2 Å². The van der Waals surface area contributed by atoms with Gasteiger partial charge in [-0.25, -0.2) is 0 Å². The van der Waals surface area contributed by atoms with Crippen molar-refractivity contribution in [1.29, 1.82) is 0 Å². The van der Waals surface area contributed by atoms with E-state index in [1.807, 2.05) is 61.5 Å². The molecule has 2 unspecified atom stereocenters. The van der Waals surface area contributed by atoms with Gasteiger partial charge in [0.25, 0.3) is 7.37 Å². The number of aliphatic hydroxyl groups excluding tert-OH is 1. The van der Waals surface area contributed by atoms with Crippen LogP contribution in [0.15, 0.2) is 72.8 Å². The average Bonchev–Trinajstić information content (AvgIpc) is 2.82. The molecule has 0 spiro atoms. The fraction of sp³-hybridized carbons (Fsp3) is 0.250. The highest BCUT2D eigenvalue weighted by Crippen LogP contribution is 2.58. The van der Waals surface area contributed by atoms with Gasteiger partial charge in [-0.15, -0.1) is 0 Å². The van der Waals surface area contributed by atoms with Crippen molar-refractivity contribution in [2.24, 2.45) is 0 Å². The molecular formula is C24H28NO5P. The predicted molar refractivity (Wildman–Crippen MR) is 124 cm³/mol. The molecule has 31 heavy (non-hydrogen) atoms. The number of nitrogens with zero attached hydrogens (tertiary/aromatic N) is 1. The smallest absolute Gasteiger partial charge is 0.264 e. The van der Waals surface area contributed by atoms with Gasteiger partial charge in [-0.05, 0) is 47.5 Å². The molecule has 3 aromatic rings. The van der Waals surface area contributed by atoms with Crippen molar-refractivity contribution in [2.75, 3.05) is 33.2 Å². The molecule has 0 amide bonds. The molecule has 0 aromatic heterocycles. The summed E-state index contributed by atoms with van der Waals surface area (Å²) in [6.45, 7) is 0.109. The van der Waals surface area contributed by atoms with Crippen molar-refractivity contribution in [3.05, 3.63) is 83.9 Å². The number of anilines is 1. The molecule has 3 rings (SSSR count). The van der Waals surface area contributed by atoms with Crippen LogP contribution in [0.5, 0.6) is 11.5 Å². The summed E-state index contributed by atoms with van der Waals surface area (Å²) in [6, 6.07) is 21.6. The number of rotatable bonds is 9. The highest BCUT2D eigenvalue weighted by atomic mass is 31.2. The largest absolute Gasteiger partial charge is 0.493 e. The van der Waals surface area contributed by atoms with Crippen LogP contribution in [-0.2, 0) is 15.7 Å². The van der Waals surface area contributed by atoms with Crippen LogP contribution in [0.2, 0.25) is 0 Å². The fourth-order valence-electron chi connectivity index (χ4n) is 3.20. The summed E-state index contributed by atoms with van der Waals surface area (Å²) < 4.78 is 30.7. The number of benzene rings is 3. The van der Waals surface area contributed by atoms with Crippen LogP contribution < -0.4 is 19.7 Å². The molecule has 0 aliphatic heterocycles. The molecule has 0 aliphatic carbocycles. The highest BCUT2D eigenvalue weighted by Gasteiger charge is 2.37. The van der Waals surface area contributed by atoms with E-state index in [9.17, 15) is 9.67 Å². The quantitative estimate of drug-likeness (QED) is 0.490. The Morgan fingerprint density at radius 2 is 1.55 bits per heavy atom. The standard InChI is InChI=1S/C24H28NO5P/c1-25(2)20-11-13-21(14-12-20)31(27,30-17-18-8-6-5-7-9-18)24(26)19-10-15-22(28-3)23(16-19)29-4/h5-16,24,26H,17H2,1-4H3. The molecule has 2 atom stereocenters. The first-order chi connectivity index (χ1) is 14.9. The second kappa shape index (κ2) is 10.0. The van der Waals surface area contributed by atoms with E-state index in [4.69, 9.17) is 14.0 Å². The third-order valence-electron chi connectivity index (χ3n) is 5.02. The molecule has 7 heteroatoms. The Morgan fingerprint density at radius 1 is 0.903 bits per heavy atom. The topological polar surface area (TPSA) is 68.2 Å². The summed E-state index contributed by atoms with van der Waals surface area (Å²) in [4.78, 5) is 1.95. The second-order valence-electron chi connectivity index (χ2n) is 7.25. The molecule has 3 aromatic carbocycles. The summed E-state index contributed by atoms with van der Waals surface area (Å²) in [5.74, 6) is -0.410. The number of hydrogen-bond acceptors (Lipinski definition) is 6. The van der Waals surface area contributed by atoms with Crippen LogP contribution in [-0.4, -0.2) is 33.4 Å². The Bertz CT molecular complexity index is 1040. The van der Waals surface area contributed by atoms with Gasteiger partial charge in [0.1, 0.15) is 0 Å². The Kier molecular flexibility index (Phi) is 7.39. The molecule has 164 valence electrons. The van der Waals surface area contributed by atoms with Crippen LogP contribution in [0.1, 0.15) is 17.0 Å². The molecule has 0 radical (unpaired) electrons. The van der Waals surface area contributed by atoms with Crippen LogP contribution in [0, 0.1) is 0 Å². The Labute approximate surface area is 183 Å². The lowest BCUT2D eigenvalue weighted by atomic mass is 10.2. The number of hydrogen-bond donors (Lipinski definition) is 1. The highest BCUT2D eigenvalue weighted by molar-refractivity contribution is 7.67. The van der Waals surface area contributed by atoms with Crippen LogP contribution >= 0.6 is 7.37 Å². The van der Waals surface area contributed by atoms with Gasteiger partial charge in [-0.3, -0.25) is 4.57 Å². The van der Waals surface area contributed by atoms with Crippen molar-refractivity contribution in [3.63, 3.8) is 0 Å². The van der Waals surface area contributed by atoms with Crippen molar-refractivity contribution < 1.29 is 23.7 Å². The Morgan fingerprint density at radius 3 is 2.13 bits per heavy atom. The number of ether oxygens (including phenoxy) is 2. The first-order valence-corrected chi connectivity index (χ1v) is 11.5. The Balaban J connectivity index is 2.00. The number of aliphatic hydroxyl groups is 1. The first-order valence-electron chi connectivity index (χ1n) is 9.85. The molecule has 0 fully saturated rings. The molecule has 0 saturated carbocycles. The van der Waals surface area contributed by atoms with E-state index >= 15 is 0 Å². The van der Waals surface area contributed by atoms with Gasteiger partial charge in [0.15, 0.2) is 17.3 Å². The van der Waals surface area contributed by atoms with E-state index < -0.39 is 13.2 Å². The maximum absolute atomic E-state index is 14.2. The van der Waals surface area contributed by atoms with Gasteiger partial charge in [0, 0.05) is 25.1 Å². The van der Waals surface area contributed by atoms with Gasteiger partial charge in [0.05, 0.1) is 20.8 Å². The third kappa shape index (κ3) is 5.10. The molecule has 0 aliphatic rings. The lowest BCUT2D eigenvalue weighted by Gasteiger charge is -2.25. The maximum atomic E-state index is 14.2. The van der Waals surface area contributed by atoms with E-state index in [2.05, 4.69) is 0 Å². The summed E-state index contributed by atoms with van der Waals surface area (Å²) in [5.41, 5.74) is 2.25. The van der Waals surface area contributed by atoms with Crippen LogP contribution in [0.3, 0.4) is 0 Å². The molecule has 1 N–H and O–H groups in total. The summed E-state index contributed by atoms with van der Waals surface area (Å²) >= 11 is 0. The minimum absolute atomic E-state index is 0.109. The van der Waals surface area contributed by atoms with Gasteiger partial charge < -0.3 is 24.0 Å². The SMILES string of the molecule is COc1ccc(C(O)P(=O)(OCc2ccccc2)c2ccc(N(C)C)cc2)cc1OC. The van der Waals surface area contributed by atoms with Gasteiger partial charge in [-0.2, -0.15) is 0 Å². The van der Waals surface area contributed by atoms with Gasteiger partial charge in [-0.1, -0.05) is 36.4 Å². The maximum Gasteiger partial charge on any atom is 0.264 e. The summed E-state index contributed by atoms with van der Waals surface area (Å²) in [5, 5.41) is 11.7. The van der Waals surface area contributed by atoms with E-state index in [-0.39, 0.29) is 6.61 Å². The first kappa shape index (κ1) is 22.9. The zero-order valence-corrected chi connectivity index (χ0v) is 19.1. The van der Waals surface area contributed by atoms with Crippen molar-refractivity contribution >= 4 is 18.4 Å². The minimum Gasteiger partial charge on any atom is -0.493 e. The van der Waals surface area contributed by atoms with Crippen molar-refractivity contribution in [1.82, 2.24) is 0 Å². The molecule has 0 bridgehead atoms. The van der Waals surface area contributed by atoms with Crippen LogP contribution in [0.25, 0.3) is 0 Å². The van der Waals surface area contributed by atoms with Gasteiger partial charge in [0.2, 0.25) is 0 Å². The number of methoxy groups -OCH3 is 2. The van der Waals surface area contributed by atoms with E-state index in [0.29, 0.717) is 22.4 Å². The molecular weight excluding hydrogens is 413 g/mol. The molecule has 0 saturated heterocycles.